The molecule has 0 spiro atoms. The van der Waals surface area contributed by atoms with E-state index >= 15 is 0 Å². The minimum absolute atomic E-state index is 0.0910. The third kappa shape index (κ3) is 4.32. The topological polar surface area (TPSA) is 76.0 Å². The molecule has 6 nitrogen and oxygen atoms in total. The van der Waals surface area contributed by atoms with E-state index in [1.165, 1.54) is 0 Å². The van der Waals surface area contributed by atoms with Crippen molar-refractivity contribution in [1.82, 2.24) is 20.4 Å². The van der Waals surface area contributed by atoms with Gasteiger partial charge in [-0.15, -0.1) is 0 Å². The number of nitrogens with zero attached hydrogens (tertiary/aromatic N) is 2. The predicted molar refractivity (Wildman–Crippen MR) is 88.5 cm³/mol. The maximum Gasteiger partial charge on any atom is 0.256 e. The fraction of sp³-hybridized carbons (Fsp3) is 0.312. The molecule has 0 unspecified atom stereocenters. The summed E-state index contributed by atoms with van der Waals surface area (Å²) >= 11 is 6.29. The molecule has 2 aromatic rings. The van der Waals surface area contributed by atoms with Crippen LogP contribution in [0.5, 0.6) is 0 Å². The van der Waals surface area contributed by atoms with Gasteiger partial charge in [0.05, 0.1) is 24.3 Å². The summed E-state index contributed by atoms with van der Waals surface area (Å²) in [4.78, 5) is 23.6. The molecule has 0 aliphatic rings. The van der Waals surface area contributed by atoms with Crippen LogP contribution in [-0.4, -0.2) is 34.7 Å². The Hall–Kier alpha value is -2.34. The van der Waals surface area contributed by atoms with E-state index in [9.17, 15) is 9.59 Å². The molecule has 1 aromatic heterocycles. The summed E-state index contributed by atoms with van der Waals surface area (Å²) in [6.07, 6.45) is 0. The van der Waals surface area contributed by atoms with Crippen molar-refractivity contribution in [2.24, 2.45) is 0 Å². The van der Waals surface area contributed by atoms with Gasteiger partial charge < -0.3 is 10.6 Å². The zero-order valence-electron chi connectivity index (χ0n) is 13.1. The van der Waals surface area contributed by atoms with Gasteiger partial charge in [-0.1, -0.05) is 41.9 Å². The van der Waals surface area contributed by atoms with Crippen LogP contribution in [0.3, 0.4) is 0 Å². The summed E-state index contributed by atoms with van der Waals surface area (Å²) < 4.78 is 1.58. The summed E-state index contributed by atoms with van der Waals surface area (Å²) in [6, 6.07) is 9.71. The number of carbonyl (C=O) groups excluding carboxylic acids is 2. The minimum Gasteiger partial charge on any atom is -0.355 e. The van der Waals surface area contributed by atoms with Crippen LogP contribution in [0.2, 0.25) is 5.15 Å². The first-order valence-corrected chi connectivity index (χ1v) is 7.72. The van der Waals surface area contributed by atoms with Crippen molar-refractivity contribution in [1.29, 1.82) is 0 Å². The SMILES string of the molecule is CCNC(=O)CNC(=O)c1c(C)nn(Cc2ccccc2)c1Cl. The third-order valence-electron chi connectivity index (χ3n) is 3.25. The lowest BCUT2D eigenvalue weighted by Gasteiger charge is -2.06. The Kier molecular flexibility index (Phi) is 5.76. The van der Waals surface area contributed by atoms with Gasteiger partial charge in [-0.05, 0) is 19.4 Å². The summed E-state index contributed by atoms with van der Waals surface area (Å²) in [5.41, 5.74) is 1.86. The number of hydrogen-bond acceptors (Lipinski definition) is 3. The highest BCUT2D eigenvalue weighted by Crippen LogP contribution is 2.20. The number of hydrogen-bond donors (Lipinski definition) is 2. The van der Waals surface area contributed by atoms with Crippen LogP contribution >= 0.6 is 11.6 Å². The van der Waals surface area contributed by atoms with Gasteiger partial charge in [0.25, 0.3) is 5.91 Å². The molecule has 23 heavy (non-hydrogen) atoms. The molecule has 2 N–H and O–H groups in total. The lowest BCUT2D eigenvalue weighted by molar-refractivity contribution is -0.120. The Morgan fingerprint density at radius 3 is 2.57 bits per heavy atom. The second-order valence-electron chi connectivity index (χ2n) is 5.03. The highest BCUT2D eigenvalue weighted by atomic mass is 35.5. The van der Waals surface area contributed by atoms with Crippen LogP contribution in [0.15, 0.2) is 30.3 Å². The van der Waals surface area contributed by atoms with E-state index in [1.54, 1.807) is 11.6 Å². The van der Waals surface area contributed by atoms with Gasteiger partial charge in [-0.3, -0.25) is 9.59 Å². The fourth-order valence-corrected chi connectivity index (χ4v) is 2.50. The van der Waals surface area contributed by atoms with Crippen LogP contribution in [0.25, 0.3) is 0 Å². The third-order valence-corrected chi connectivity index (χ3v) is 3.64. The van der Waals surface area contributed by atoms with Crippen molar-refractivity contribution in [3.63, 3.8) is 0 Å². The Morgan fingerprint density at radius 1 is 1.22 bits per heavy atom. The second kappa shape index (κ2) is 7.78. The van der Waals surface area contributed by atoms with E-state index in [2.05, 4.69) is 15.7 Å². The van der Waals surface area contributed by atoms with E-state index in [0.717, 1.165) is 5.56 Å². The lowest BCUT2D eigenvalue weighted by atomic mass is 10.2. The van der Waals surface area contributed by atoms with Crippen LogP contribution in [0.1, 0.15) is 28.5 Å². The molecule has 0 saturated carbocycles. The maximum absolute atomic E-state index is 12.2. The summed E-state index contributed by atoms with van der Waals surface area (Å²) in [5, 5.41) is 9.74. The monoisotopic (exact) mass is 334 g/mol. The molecule has 2 rings (SSSR count). The number of halogens is 1. The zero-order valence-corrected chi connectivity index (χ0v) is 13.9. The molecule has 0 saturated heterocycles. The Bertz CT molecular complexity index is 698. The number of benzene rings is 1. The molecule has 122 valence electrons. The fourth-order valence-electron chi connectivity index (χ4n) is 2.18. The van der Waals surface area contributed by atoms with Crippen molar-refractivity contribution in [3.8, 4) is 0 Å². The van der Waals surface area contributed by atoms with Crippen molar-refractivity contribution in [3.05, 3.63) is 52.3 Å². The molecule has 1 heterocycles. The van der Waals surface area contributed by atoms with Gasteiger partial charge in [-0.25, -0.2) is 4.68 Å². The van der Waals surface area contributed by atoms with Gasteiger partial charge in [0.15, 0.2) is 0 Å². The van der Waals surface area contributed by atoms with Gasteiger partial charge in [0.1, 0.15) is 5.15 Å². The highest BCUT2D eigenvalue weighted by molar-refractivity contribution is 6.33. The van der Waals surface area contributed by atoms with E-state index in [4.69, 9.17) is 11.6 Å². The van der Waals surface area contributed by atoms with Crippen LogP contribution in [0.4, 0.5) is 0 Å². The first-order chi connectivity index (χ1) is 11.0. The summed E-state index contributed by atoms with van der Waals surface area (Å²) in [6.45, 7) is 4.43. The van der Waals surface area contributed by atoms with Gasteiger partial charge in [0.2, 0.25) is 5.91 Å². The smallest absolute Gasteiger partial charge is 0.256 e. The molecule has 0 aliphatic heterocycles. The number of amides is 2. The largest absolute Gasteiger partial charge is 0.355 e. The molecule has 0 aliphatic carbocycles. The number of nitrogens with one attached hydrogen (secondary N) is 2. The van der Waals surface area contributed by atoms with Gasteiger partial charge in [0, 0.05) is 6.54 Å². The van der Waals surface area contributed by atoms with E-state index in [-0.39, 0.29) is 17.6 Å². The van der Waals surface area contributed by atoms with Gasteiger partial charge in [-0.2, -0.15) is 5.10 Å². The van der Waals surface area contributed by atoms with Crippen LogP contribution in [-0.2, 0) is 11.3 Å². The van der Waals surface area contributed by atoms with E-state index < -0.39 is 5.91 Å². The first kappa shape index (κ1) is 17.0. The van der Waals surface area contributed by atoms with Crippen molar-refractivity contribution in [2.75, 3.05) is 13.1 Å². The molecule has 2 amide bonds. The molecule has 1 aromatic carbocycles. The summed E-state index contributed by atoms with van der Waals surface area (Å²) in [7, 11) is 0. The Balaban J connectivity index is 2.11. The second-order valence-corrected chi connectivity index (χ2v) is 5.39. The van der Waals surface area contributed by atoms with Crippen molar-refractivity contribution >= 4 is 23.4 Å². The number of likely N-dealkylation sites (N-methyl/N-ethyl adjacent to an activating group) is 1. The number of rotatable bonds is 6. The minimum atomic E-state index is -0.405. The number of carbonyl (C=O) groups is 2. The average Bonchev–Trinajstić information content (AvgIpc) is 2.80. The lowest BCUT2D eigenvalue weighted by Crippen LogP contribution is -2.37. The molecule has 0 fully saturated rings. The highest BCUT2D eigenvalue weighted by Gasteiger charge is 2.20. The first-order valence-electron chi connectivity index (χ1n) is 7.34. The van der Waals surface area contributed by atoms with E-state index in [1.807, 2.05) is 37.3 Å². The maximum atomic E-state index is 12.2. The zero-order chi connectivity index (χ0) is 16.8. The normalized spacial score (nSPS) is 10.4. The van der Waals surface area contributed by atoms with Crippen LogP contribution < -0.4 is 10.6 Å². The predicted octanol–water partition coefficient (Wildman–Crippen LogP) is 1.76. The molecule has 0 atom stereocenters. The molecule has 0 bridgehead atoms. The van der Waals surface area contributed by atoms with E-state index in [0.29, 0.717) is 24.3 Å². The van der Waals surface area contributed by atoms with Crippen molar-refractivity contribution < 1.29 is 9.59 Å². The van der Waals surface area contributed by atoms with Gasteiger partial charge >= 0.3 is 0 Å². The van der Waals surface area contributed by atoms with Crippen LogP contribution in [0, 0.1) is 6.92 Å². The summed E-state index contributed by atoms with van der Waals surface area (Å²) in [5.74, 6) is -0.649. The number of aromatic nitrogens is 2. The molecular weight excluding hydrogens is 316 g/mol. The Labute approximate surface area is 139 Å². The standard InChI is InChI=1S/C16H19ClN4O2/c1-3-18-13(22)9-19-16(23)14-11(2)20-21(15(14)17)10-12-7-5-4-6-8-12/h4-8H,3,9-10H2,1-2H3,(H,18,22)(H,19,23). The Morgan fingerprint density at radius 2 is 1.91 bits per heavy atom. The van der Waals surface area contributed by atoms with Crippen molar-refractivity contribution in [2.45, 2.75) is 20.4 Å². The average molecular weight is 335 g/mol. The number of aryl methyl sites for hydroxylation is 1. The molecule has 0 radical (unpaired) electrons. The molecular formula is C16H19ClN4O2. The quantitative estimate of drug-likeness (QED) is 0.845. The molecule has 7 heteroatoms.